The molecule has 0 spiro atoms. The minimum absolute atomic E-state index is 0.351. The van der Waals surface area contributed by atoms with E-state index in [0.717, 1.165) is 6.42 Å². The van der Waals surface area contributed by atoms with Gasteiger partial charge < -0.3 is 4.43 Å². The molecule has 0 saturated carbocycles. The largest absolute Gasteiger partial charge is 0.416 e. The summed E-state index contributed by atoms with van der Waals surface area (Å²) in [6, 6.07) is 3.51. The lowest BCUT2D eigenvalue weighted by Gasteiger charge is -2.27. The predicted molar refractivity (Wildman–Crippen MR) is 67.7 cm³/mol. The third kappa shape index (κ3) is 5.47. The van der Waals surface area contributed by atoms with Crippen LogP contribution in [0.15, 0.2) is 0 Å². The molecular formula is C12H26O2Si. The van der Waals surface area contributed by atoms with Crippen LogP contribution in [0, 0.1) is 0 Å². The molecule has 0 atom stereocenters. The first-order chi connectivity index (χ1) is 7.14. The van der Waals surface area contributed by atoms with Crippen molar-refractivity contribution in [2.24, 2.45) is 0 Å². The standard InChI is InChI=1S/C12H26O2Si/c1-5-9-12(13)10-11-14-15(6-2,7-3)8-4/h5-11H2,1-4H3. The molecule has 0 aliphatic rings. The third-order valence-electron chi connectivity index (χ3n) is 3.25. The molecule has 0 amide bonds. The first kappa shape index (κ1) is 14.8. The molecule has 90 valence electrons. The number of hydrogen-bond acceptors (Lipinski definition) is 2. The summed E-state index contributed by atoms with van der Waals surface area (Å²) in [6.45, 7) is 9.34. The monoisotopic (exact) mass is 230 g/mol. The molecule has 0 heterocycles. The zero-order valence-electron chi connectivity index (χ0n) is 10.8. The number of carbonyl (C=O) groups excluding carboxylic acids is 1. The second-order valence-electron chi connectivity index (χ2n) is 4.13. The van der Waals surface area contributed by atoms with E-state index in [1.54, 1.807) is 0 Å². The van der Waals surface area contributed by atoms with Crippen LogP contribution in [0.5, 0.6) is 0 Å². The van der Waals surface area contributed by atoms with Crippen LogP contribution in [0.2, 0.25) is 18.1 Å². The van der Waals surface area contributed by atoms with Crippen LogP contribution in [-0.4, -0.2) is 20.7 Å². The van der Waals surface area contributed by atoms with E-state index in [0.29, 0.717) is 25.2 Å². The third-order valence-corrected chi connectivity index (χ3v) is 7.93. The molecule has 0 aliphatic carbocycles. The molecule has 3 heteroatoms. The maximum atomic E-state index is 11.3. The SMILES string of the molecule is CCCC(=O)CCO[Si](CC)(CC)CC. The number of Topliss-reactive ketones (excluding diaryl/α,β-unsaturated/α-hetero) is 1. The van der Waals surface area contributed by atoms with Gasteiger partial charge in [0.2, 0.25) is 0 Å². The van der Waals surface area contributed by atoms with Gasteiger partial charge in [-0.05, 0) is 24.6 Å². The minimum Gasteiger partial charge on any atom is -0.416 e. The summed E-state index contributed by atoms with van der Waals surface area (Å²) in [4.78, 5) is 11.3. The summed E-state index contributed by atoms with van der Waals surface area (Å²) in [5.41, 5.74) is 0. The molecule has 0 aliphatic heterocycles. The zero-order valence-corrected chi connectivity index (χ0v) is 11.8. The zero-order chi connectivity index (χ0) is 11.7. The van der Waals surface area contributed by atoms with Crippen molar-refractivity contribution < 1.29 is 9.22 Å². The van der Waals surface area contributed by atoms with E-state index in [9.17, 15) is 4.79 Å². The molecule has 15 heavy (non-hydrogen) atoms. The highest BCUT2D eigenvalue weighted by Crippen LogP contribution is 2.21. The maximum absolute atomic E-state index is 11.3. The lowest BCUT2D eigenvalue weighted by molar-refractivity contribution is -0.119. The average Bonchev–Trinajstić information content (AvgIpc) is 2.25. The fourth-order valence-corrected chi connectivity index (χ4v) is 4.49. The lowest BCUT2D eigenvalue weighted by atomic mass is 10.2. The number of ketones is 1. The quantitative estimate of drug-likeness (QED) is 0.564. The van der Waals surface area contributed by atoms with E-state index >= 15 is 0 Å². The van der Waals surface area contributed by atoms with E-state index in [1.807, 2.05) is 6.92 Å². The van der Waals surface area contributed by atoms with Gasteiger partial charge in [0.25, 0.3) is 0 Å². The van der Waals surface area contributed by atoms with E-state index in [2.05, 4.69) is 20.8 Å². The van der Waals surface area contributed by atoms with Gasteiger partial charge in [0, 0.05) is 19.4 Å². The lowest BCUT2D eigenvalue weighted by Crippen LogP contribution is -2.36. The summed E-state index contributed by atoms with van der Waals surface area (Å²) in [7, 11) is -1.46. The van der Waals surface area contributed by atoms with E-state index in [4.69, 9.17) is 4.43 Å². The number of rotatable bonds is 9. The first-order valence-corrected chi connectivity index (χ1v) is 8.82. The van der Waals surface area contributed by atoms with Crippen molar-refractivity contribution in [3.05, 3.63) is 0 Å². The van der Waals surface area contributed by atoms with Crippen molar-refractivity contribution in [1.29, 1.82) is 0 Å². The molecule has 0 fully saturated rings. The second-order valence-corrected chi connectivity index (χ2v) is 8.91. The van der Waals surface area contributed by atoms with Crippen LogP contribution >= 0.6 is 0 Å². The van der Waals surface area contributed by atoms with E-state index < -0.39 is 8.32 Å². The van der Waals surface area contributed by atoms with Gasteiger partial charge in [0.15, 0.2) is 8.32 Å². The number of hydrogen-bond donors (Lipinski definition) is 0. The molecule has 0 radical (unpaired) electrons. The maximum Gasteiger partial charge on any atom is 0.191 e. The minimum atomic E-state index is -1.46. The Morgan fingerprint density at radius 1 is 1.00 bits per heavy atom. The topological polar surface area (TPSA) is 26.3 Å². The summed E-state index contributed by atoms with van der Waals surface area (Å²) in [5.74, 6) is 0.351. The first-order valence-electron chi connectivity index (χ1n) is 6.29. The van der Waals surface area contributed by atoms with Crippen LogP contribution in [0.1, 0.15) is 47.0 Å². The Bertz CT molecular complexity index is 168. The Morgan fingerprint density at radius 3 is 1.93 bits per heavy atom. The summed E-state index contributed by atoms with van der Waals surface area (Å²) < 4.78 is 6.01. The second kappa shape index (κ2) is 8.05. The van der Waals surface area contributed by atoms with Crippen LogP contribution in [0.25, 0.3) is 0 Å². The van der Waals surface area contributed by atoms with Crippen molar-refractivity contribution in [2.45, 2.75) is 65.1 Å². The van der Waals surface area contributed by atoms with Gasteiger partial charge in [-0.15, -0.1) is 0 Å². The fourth-order valence-electron chi connectivity index (χ4n) is 1.84. The van der Waals surface area contributed by atoms with Crippen LogP contribution < -0.4 is 0 Å². The molecule has 0 N–H and O–H groups in total. The molecule has 2 nitrogen and oxygen atoms in total. The van der Waals surface area contributed by atoms with Gasteiger partial charge in [0.05, 0.1) is 0 Å². The van der Waals surface area contributed by atoms with Gasteiger partial charge in [0.1, 0.15) is 5.78 Å². The molecule has 0 aromatic rings. The highest BCUT2D eigenvalue weighted by Gasteiger charge is 2.28. The van der Waals surface area contributed by atoms with Gasteiger partial charge in [-0.1, -0.05) is 27.7 Å². The van der Waals surface area contributed by atoms with Crippen molar-refractivity contribution in [1.82, 2.24) is 0 Å². The van der Waals surface area contributed by atoms with Crippen molar-refractivity contribution >= 4 is 14.1 Å². The van der Waals surface area contributed by atoms with Crippen molar-refractivity contribution in [2.75, 3.05) is 6.61 Å². The molecular weight excluding hydrogens is 204 g/mol. The van der Waals surface area contributed by atoms with Crippen LogP contribution in [0.3, 0.4) is 0 Å². The fraction of sp³-hybridized carbons (Fsp3) is 0.917. The Balaban J connectivity index is 3.85. The van der Waals surface area contributed by atoms with Gasteiger partial charge in [-0.25, -0.2) is 0 Å². The molecule has 0 rings (SSSR count). The molecule has 0 bridgehead atoms. The summed E-state index contributed by atoms with van der Waals surface area (Å²) in [6.07, 6.45) is 2.28. The number of carbonyl (C=O) groups is 1. The van der Waals surface area contributed by atoms with Gasteiger partial charge in [-0.2, -0.15) is 0 Å². The van der Waals surface area contributed by atoms with Gasteiger partial charge >= 0.3 is 0 Å². The highest BCUT2D eigenvalue weighted by molar-refractivity contribution is 6.73. The Hall–Kier alpha value is -0.153. The Morgan fingerprint density at radius 2 is 1.53 bits per heavy atom. The van der Waals surface area contributed by atoms with Crippen LogP contribution in [-0.2, 0) is 9.22 Å². The van der Waals surface area contributed by atoms with E-state index in [1.165, 1.54) is 18.1 Å². The smallest absolute Gasteiger partial charge is 0.191 e. The normalized spacial score (nSPS) is 11.7. The predicted octanol–water partition coefficient (Wildman–Crippen LogP) is 3.77. The molecule has 0 unspecified atom stereocenters. The summed E-state index contributed by atoms with van der Waals surface area (Å²) >= 11 is 0. The summed E-state index contributed by atoms with van der Waals surface area (Å²) in [5, 5.41) is 0. The molecule has 0 aromatic heterocycles. The molecule has 0 saturated heterocycles. The van der Waals surface area contributed by atoms with E-state index in [-0.39, 0.29) is 0 Å². The Kier molecular flexibility index (Phi) is 7.97. The van der Waals surface area contributed by atoms with Crippen LogP contribution in [0.4, 0.5) is 0 Å². The highest BCUT2D eigenvalue weighted by atomic mass is 28.4. The molecule has 0 aromatic carbocycles. The van der Waals surface area contributed by atoms with Gasteiger partial charge in [-0.3, -0.25) is 4.79 Å². The average molecular weight is 230 g/mol. The van der Waals surface area contributed by atoms with Crippen molar-refractivity contribution in [3.8, 4) is 0 Å². The van der Waals surface area contributed by atoms with Crippen molar-refractivity contribution in [3.63, 3.8) is 0 Å². The Labute approximate surface area is 95.5 Å².